The molecule has 0 aliphatic carbocycles. The molecule has 2 N–H and O–H groups in total. The van der Waals surface area contributed by atoms with E-state index in [4.69, 9.17) is 5.11 Å². The third-order valence-corrected chi connectivity index (χ3v) is 3.10. The molecular weight excluding hydrogens is 174 g/mol. The van der Waals surface area contributed by atoms with Crippen LogP contribution in [-0.2, 0) is 10.8 Å². The van der Waals surface area contributed by atoms with Gasteiger partial charge in [-0.1, -0.05) is 6.92 Å². The van der Waals surface area contributed by atoms with Crippen molar-refractivity contribution >= 4 is 10.8 Å². The molecule has 0 aromatic heterocycles. The highest BCUT2D eigenvalue weighted by molar-refractivity contribution is 7.84. The van der Waals surface area contributed by atoms with Gasteiger partial charge in [-0.05, 0) is 19.4 Å². The number of nitrogens with one attached hydrogen (secondary N) is 1. The molecule has 0 saturated carbocycles. The molecule has 0 aliphatic heterocycles. The molecule has 0 amide bonds. The second kappa shape index (κ2) is 6.57. The zero-order valence-corrected chi connectivity index (χ0v) is 8.86. The van der Waals surface area contributed by atoms with Crippen LogP contribution in [0.4, 0.5) is 0 Å². The van der Waals surface area contributed by atoms with E-state index in [2.05, 4.69) is 5.32 Å². The molecule has 12 heavy (non-hydrogen) atoms. The number of hydrogen-bond acceptors (Lipinski definition) is 3. The Kier molecular flexibility index (Phi) is 6.61. The maximum atomic E-state index is 10.9. The van der Waals surface area contributed by atoms with Crippen LogP contribution in [0.3, 0.4) is 0 Å². The van der Waals surface area contributed by atoms with Crippen molar-refractivity contribution in [1.82, 2.24) is 5.32 Å². The number of rotatable bonds is 6. The molecule has 0 fully saturated rings. The van der Waals surface area contributed by atoms with Gasteiger partial charge in [0.25, 0.3) is 0 Å². The summed E-state index contributed by atoms with van der Waals surface area (Å²) in [4.78, 5) is 0. The Bertz CT molecular complexity index is 141. The van der Waals surface area contributed by atoms with Crippen LogP contribution in [0.2, 0.25) is 0 Å². The first-order chi connectivity index (χ1) is 5.57. The summed E-state index contributed by atoms with van der Waals surface area (Å²) >= 11 is 0. The van der Waals surface area contributed by atoms with Gasteiger partial charge < -0.3 is 10.4 Å². The normalized spacial score (nSPS) is 18.7. The van der Waals surface area contributed by atoms with E-state index in [1.807, 2.05) is 13.8 Å². The quantitative estimate of drug-likeness (QED) is 0.623. The third kappa shape index (κ3) is 5.69. The van der Waals surface area contributed by atoms with Crippen LogP contribution >= 0.6 is 0 Å². The highest BCUT2D eigenvalue weighted by Gasteiger charge is 2.05. The van der Waals surface area contributed by atoms with Crippen molar-refractivity contribution < 1.29 is 9.32 Å². The molecule has 0 aromatic carbocycles. The summed E-state index contributed by atoms with van der Waals surface area (Å²) in [6.07, 6.45) is 1.71. The van der Waals surface area contributed by atoms with Crippen molar-refractivity contribution in [1.29, 1.82) is 0 Å². The van der Waals surface area contributed by atoms with Gasteiger partial charge >= 0.3 is 0 Å². The van der Waals surface area contributed by atoms with E-state index in [-0.39, 0.29) is 17.8 Å². The Morgan fingerprint density at radius 1 is 1.42 bits per heavy atom. The van der Waals surface area contributed by atoms with Crippen LogP contribution in [0.5, 0.6) is 0 Å². The summed E-state index contributed by atoms with van der Waals surface area (Å²) in [6, 6.07) is 0. The first-order valence-electron chi connectivity index (χ1n) is 4.21. The third-order valence-electron chi connectivity index (χ3n) is 1.80. The zero-order valence-electron chi connectivity index (χ0n) is 8.04. The molecule has 4 heteroatoms. The smallest absolute Gasteiger partial charge is 0.0468 e. The minimum atomic E-state index is -0.752. The summed E-state index contributed by atoms with van der Waals surface area (Å²) in [7, 11) is -0.752. The van der Waals surface area contributed by atoms with Crippen LogP contribution in [0.25, 0.3) is 0 Å². The lowest BCUT2D eigenvalue weighted by Crippen LogP contribution is -2.31. The fraction of sp³-hybridized carbons (Fsp3) is 1.00. The average Bonchev–Trinajstić information content (AvgIpc) is 2.03. The lowest BCUT2D eigenvalue weighted by molar-refractivity contribution is 0.234. The van der Waals surface area contributed by atoms with Gasteiger partial charge in [-0.3, -0.25) is 4.21 Å². The molecule has 0 bridgehead atoms. The van der Waals surface area contributed by atoms with Crippen molar-refractivity contribution in [3.8, 4) is 0 Å². The van der Waals surface area contributed by atoms with Crippen molar-refractivity contribution in [2.24, 2.45) is 5.92 Å². The minimum absolute atomic E-state index is 0.191. The van der Waals surface area contributed by atoms with Gasteiger partial charge in [0.1, 0.15) is 0 Å². The van der Waals surface area contributed by atoms with Crippen molar-refractivity contribution in [2.75, 3.05) is 26.0 Å². The van der Waals surface area contributed by atoms with E-state index in [0.29, 0.717) is 0 Å². The molecule has 0 saturated heterocycles. The van der Waals surface area contributed by atoms with Crippen molar-refractivity contribution in [2.45, 2.75) is 19.1 Å². The first kappa shape index (κ1) is 12.1. The molecule has 0 spiro atoms. The van der Waals surface area contributed by atoms with Crippen LogP contribution in [0.1, 0.15) is 13.8 Å². The SMILES string of the molecule is CC(CO)CNCC(C)S(C)=O. The summed E-state index contributed by atoms with van der Waals surface area (Å²) in [5.74, 6) is 0.280. The average molecular weight is 193 g/mol. The van der Waals surface area contributed by atoms with Gasteiger partial charge in [0.15, 0.2) is 0 Å². The predicted octanol–water partition coefficient (Wildman–Crippen LogP) is -0.0286. The minimum Gasteiger partial charge on any atom is -0.396 e. The highest BCUT2D eigenvalue weighted by Crippen LogP contribution is 1.92. The monoisotopic (exact) mass is 193 g/mol. The van der Waals surface area contributed by atoms with E-state index >= 15 is 0 Å². The second-order valence-electron chi connectivity index (χ2n) is 3.26. The zero-order chi connectivity index (χ0) is 9.56. The van der Waals surface area contributed by atoms with Crippen LogP contribution in [0, 0.1) is 5.92 Å². The van der Waals surface area contributed by atoms with E-state index in [1.165, 1.54) is 0 Å². The van der Waals surface area contributed by atoms with E-state index in [9.17, 15) is 4.21 Å². The highest BCUT2D eigenvalue weighted by atomic mass is 32.2. The Hall–Kier alpha value is 0.0700. The molecule has 3 atom stereocenters. The molecule has 74 valence electrons. The molecule has 0 heterocycles. The van der Waals surface area contributed by atoms with Gasteiger partial charge in [-0.15, -0.1) is 0 Å². The summed E-state index contributed by atoms with van der Waals surface area (Å²) < 4.78 is 10.9. The van der Waals surface area contributed by atoms with E-state index in [1.54, 1.807) is 6.26 Å². The Labute approximate surface area is 77.0 Å². The molecule has 3 nitrogen and oxygen atoms in total. The number of hydrogen-bond donors (Lipinski definition) is 2. The summed E-state index contributed by atoms with van der Waals surface area (Å²) in [5.41, 5.74) is 0. The molecule has 0 rings (SSSR count). The predicted molar refractivity (Wildman–Crippen MR) is 52.6 cm³/mol. The summed E-state index contributed by atoms with van der Waals surface area (Å²) in [5, 5.41) is 12.1. The van der Waals surface area contributed by atoms with Crippen LogP contribution in [-0.4, -0.2) is 40.5 Å². The van der Waals surface area contributed by atoms with E-state index < -0.39 is 10.8 Å². The standard InChI is InChI=1S/C8H19NO2S/c1-7(6-10)4-9-5-8(2)12(3)11/h7-10H,4-6H2,1-3H3. The van der Waals surface area contributed by atoms with Gasteiger partial charge in [0.2, 0.25) is 0 Å². The lowest BCUT2D eigenvalue weighted by atomic mass is 10.2. The second-order valence-corrected chi connectivity index (χ2v) is 5.06. The molecular formula is C8H19NO2S. The largest absolute Gasteiger partial charge is 0.396 e. The number of aliphatic hydroxyl groups is 1. The summed E-state index contributed by atoms with van der Waals surface area (Å²) in [6.45, 7) is 5.68. The number of aliphatic hydroxyl groups excluding tert-OH is 1. The maximum Gasteiger partial charge on any atom is 0.0468 e. The Morgan fingerprint density at radius 2 is 2.00 bits per heavy atom. The fourth-order valence-electron chi connectivity index (χ4n) is 0.715. The Balaban J connectivity index is 3.37. The Morgan fingerprint density at radius 3 is 2.42 bits per heavy atom. The fourth-order valence-corrected chi connectivity index (χ4v) is 1.07. The molecule has 0 radical (unpaired) electrons. The van der Waals surface area contributed by atoms with Crippen molar-refractivity contribution in [3.63, 3.8) is 0 Å². The van der Waals surface area contributed by atoms with E-state index in [0.717, 1.165) is 13.1 Å². The van der Waals surface area contributed by atoms with Crippen LogP contribution < -0.4 is 5.32 Å². The molecule has 0 aromatic rings. The molecule has 0 aliphatic rings. The van der Waals surface area contributed by atoms with Gasteiger partial charge in [-0.25, -0.2) is 0 Å². The molecule has 3 unspecified atom stereocenters. The van der Waals surface area contributed by atoms with Crippen LogP contribution in [0.15, 0.2) is 0 Å². The lowest BCUT2D eigenvalue weighted by Gasteiger charge is -2.12. The maximum absolute atomic E-state index is 10.9. The van der Waals surface area contributed by atoms with Gasteiger partial charge in [0.05, 0.1) is 0 Å². The first-order valence-corrected chi connectivity index (χ1v) is 5.83. The van der Waals surface area contributed by atoms with Gasteiger partial charge in [-0.2, -0.15) is 0 Å². The topological polar surface area (TPSA) is 49.3 Å². The van der Waals surface area contributed by atoms with Gasteiger partial charge in [0, 0.05) is 35.5 Å². The van der Waals surface area contributed by atoms with Crippen molar-refractivity contribution in [3.05, 3.63) is 0 Å².